The van der Waals surface area contributed by atoms with Gasteiger partial charge in [-0.15, -0.1) is 0 Å². The first-order chi connectivity index (χ1) is 10.8. The summed E-state index contributed by atoms with van der Waals surface area (Å²) in [6, 6.07) is 7.76. The number of amides is 2. The lowest BCUT2D eigenvalue weighted by molar-refractivity contribution is 0.252. The Kier molecular flexibility index (Phi) is 7.03. The molecule has 0 aliphatic heterocycles. The highest BCUT2D eigenvalue weighted by Crippen LogP contribution is 2.17. The molecule has 1 saturated carbocycles. The number of hydrogen-bond donors (Lipinski definition) is 3. The molecule has 1 aliphatic rings. The number of nitrogens with one attached hydrogen (secondary N) is 3. The molecule has 0 unspecified atom stereocenters. The largest absolute Gasteiger partial charge is 0.497 e. The molecule has 1 aromatic carbocycles. The fourth-order valence-electron chi connectivity index (χ4n) is 2.81. The summed E-state index contributed by atoms with van der Waals surface area (Å²) >= 11 is 0. The number of anilines is 1. The Morgan fingerprint density at radius 3 is 2.68 bits per heavy atom. The van der Waals surface area contributed by atoms with Crippen LogP contribution in [0.3, 0.4) is 0 Å². The molecular weight excluding hydrogens is 278 g/mol. The molecule has 1 fully saturated rings. The summed E-state index contributed by atoms with van der Waals surface area (Å²) in [6.07, 6.45) is 7.88. The molecule has 3 N–H and O–H groups in total. The fourth-order valence-corrected chi connectivity index (χ4v) is 2.81. The van der Waals surface area contributed by atoms with Crippen molar-refractivity contribution < 1.29 is 9.53 Å². The lowest BCUT2D eigenvalue weighted by Gasteiger charge is -2.16. The molecule has 0 radical (unpaired) electrons. The molecule has 0 bridgehead atoms. The third-order valence-electron chi connectivity index (χ3n) is 4.03. The zero-order valence-corrected chi connectivity index (χ0v) is 13.4. The van der Waals surface area contributed by atoms with E-state index in [1.165, 1.54) is 38.5 Å². The van der Waals surface area contributed by atoms with Crippen molar-refractivity contribution in [2.45, 2.75) is 44.6 Å². The van der Waals surface area contributed by atoms with Gasteiger partial charge in [-0.1, -0.05) is 31.7 Å². The van der Waals surface area contributed by atoms with E-state index in [4.69, 9.17) is 4.74 Å². The van der Waals surface area contributed by atoms with Crippen molar-refractivity contribution in [3.63, 3.8) is 0 Å². The van der Waals surface area contributed by atoms with Gasteiger partial charge in [0.05, 0.1) is 7.11 Å². The van der Waals surface area contributed by atoms with E-state index in [9.17, 15) is 4.79 Å². The van der Waals surface area contributed by atoms with Crippen molar-refractivity contribution in [3.8, 4) is 5.75 Å². The molecule has 2 rings (SSSR count). The van der Waals surface area contributed by atoms with E-state index in [-0.39, 0.29) is 6.03 Å². The summed E-state index contributed by atoms with van der Waals surface area (Å²) in [5.74, 6) is 0.729. The summed E-state index contributed by atoms with van der Waals surface area (Å²) in [6.45, 7) is 1.45. The first-order valence-electron chi connectivity index (χ1n) is 8.20. The highest BCUT2D eigenvalue weighted by molar-refractivity contribution is 5.89. The Morgan fingerprint density at radius 2 is 1.95 bits per heavy atom. The van der Waals surface area contributed by atoms with Gasteiger partial charge in [0.25, 0.3) is 0 Å². The van der Waals surface area contributed by atoms with E-state index in [1.54, 1.807) is 13.2 Å². The zero-order chi connectivity index (χ0) is 15.6. The van der Waals surface area contributed by atoms with Crippen LogP contribution in [0.4, 0.5) is 10.5 Å². The highest BCUT2D eigenvalue weighted by atomic mass is 16.5. The van der Waals surface area contributed by atoms with Gasteiger partial charge in [-0.05, 0) is 25.0 Å². The van der Waals surface area contributed by atoms with Crippen LogP contribution in [0.25, 0.3) is 0 Å². The minimum Gasteiger partial charge on any atom is -0.497 e. The summed E-state index contributed by atoms with van der Waals surface area (Å²) in [5.41, 5.74) is 0.730. The predicted octanol–water partition coefficient (Wildman–Crippen LogP) is 3.13. The Labute approximate surface area is 132 Å². The minimum absolute atomic E-state index is 0.184. The van der Waals surface area contributed by atoms with Crippen LogP contribution in [-0.4, -0.2) is 32.3 Å². The van der Waals surface area contributed by atoms with Gasteiger partial charge in [-0.25, -0.2) is 4.79 Å². The lowest BCUT2D eigenvalue weighted by atomic mass is 10.1. The molecule has 0 heterocycles. The second-order valence-corrected chi connectivity index (χ2v) is 5.76. The first kappa shape index (κ1) is 16.6. The van der Waals surface area contributed by atoms with Crippen molar-refractivity contribution >= 4 is 11.7 Å². The predicted molar refractivity (Wildman–Crippen MR) is 89.5 cm³/mol. The molecule has 5 nitrogen and oxygen atoms in total. The Morgan fingerprint density at radius 1 is 1.18 bits per heavy atom. The van der Waals surface area contributed by atoms with Crippen molar-refractivity contribution in [2.75, 3.05) is 25.5 Å². The maximum atomic E-state index is 11.8. The van der Waals surface area contributed by atoms with Gasteiger partial charge in [-0.3, -0.25) is 0 Å². The normalized spacial score (nSPS) is 15.9. The van der Waals surface area contributed by atoms with Crippen LogP contribution in [0.1, 0.15) is 38.5 Å². The monoisotopic (exact) mass is 305 g/mol. The van der Waals surface area contributed by atoms with E-state index >= 15 is 0 Å². The second-order valence-electron chi connectivity index (χ2n) is 5.76. The topological polar surface area (TPSA) is 62.4 Å². The van der Waals surface area contributed by atoms with Crippen molar-refractivity contribution in [1.82, 2.24) is 10.6 Å². The molecule has 0 spiro atoms. The zero-order valence-electron chi connectivity index (χ0n) is 13.4. The number of ether oxygens (including phenoxy) is 1. The van der Waals surface area contributed by atoms with Crippen molar-refractivity contribution in [3.05, 3.63) is 24.3 Å². The number of carbonyl (C=O) groups excluding carboxylic acids is 1. The molecule has 122 valence electrons. The molecule has 5 heteroatoms. The van der Waals surface area contributed by atoms with Crippen molar-refractivity contribution in [2.24, 2.45) is 0 Å². The third-order valence-corrected chi connectivity index (χ3v) is 4.03. The second kappa shape index (κ2) is 9.30. The van der Waals surface area contributed by atoms with Crippen LogP contribution < -0.4 is 20.7 Å². The number of methoxy groups -OCH3 is 1. The number of hydrogen-bond acceptors (Lipinski definition) is 3. The molecule has 0 aromatic heterocycles. The summed E-state index contributed by atoms with van der Waals surface area (Å²) < 4.78 is 5.13. The van der Waals surface area contributed by atoms with Crippen LogP contribution in [0.2, 0.25) is 0 Å². The minimum atomic E-state index is -0.184. The van der Waals surface area contributed by atoms with Gasteiger partial charge in [0.1, 0.15) is 5.75 Å². The van der Waals surface area contributed by atoms with Gasteiger partial charge >= 0.3 is 6.03 Å². The number of benzene rings is 1. The Bertz CT molecular complexity index is 457. The standard InChI is InChI=1S/C17H27N3O2/c1-22-16-10-6-9-15(13-16)20-17(21)19-12-11-18-14-7-4-2-3-5-8-14/h6,9-10,13-14,18H,2-5,7-8,11-12H2,1H3,(H2,19,20,21). The van der Waals surface area contributed by atoms with Gasteiger partial charge in [0.2, 0.25) is 0 Å². The van der Waals surface area contributed by atoms with Gasteiger partial charge in [-0.2, -0.15) is 0 Å². The maximum absolute atomic E-state index is 11.8. The average molecular weight is 305 g/mol. The maximum Gasteiger partial charge on any atom is 0.319 e. The van der Waals surface area contributed by atoms with Gasteiger partial charge in [0, 0.05) is 30.9 Å². The van der Waals surface area contributed by atoms with Crippen molar-refractivity contribution in [1.29, 1.82) is 0 Å². The number of carbonyl (C=O) groups is 1. The number of urea groups is 1. The summed E-state index contributed by atoms with van der Waals surface area (Å²) in [5, 5.41) is 9.21. The third kappa shape index (κ3) is 5.93. The Hall–Kier alpha value is -1.75. The van der Waals surface area contributed by atoms with E-state index < -0.39 is 0 Å². The summed E-state index contributed by atoms with van der Waals surface area (Å²) in [7, 11) is 1.61. The molecule has 0 atom stereocenters. The molecule has 22 heavy (non-hydrogen) atoms. The molecule has 2 amide bonds. The van der Waals surface area contributed by atoms with Crippen LogP contribution in [0.5, 0.6) is 5.75 Å². The van der Waals surface area contributed by atoms with E-state index in [0.717, 1.165) is 18.0 Å². The molecular formula is C17H27N3O2. The number of rotatable bonds is 6. The van der Waals surface area contributed by atoms with E-state index in [1.807, 2.05) is 18.2 Å². The smallest absolute Gasteiger partial charge is 0.319 e. The van der Waals surface area contributed by atoms with Crippen LogP contribution >= 0.6 is 0 Å². The van der Waals surface area contributed by atoms with E-state index in [2.05, 4.69) is 16.0 Å². The Balaban J connectivity index is 1.62. The van der Waals surface area contributed by atoms with Crippen LogP contribution in [-0.2, 0) is 0 Å². The first-order valence-corrected chi connectivity index (χ1v) is 8.20. The molecule has 0 saturated heterocycles. The molecule has 1 aromatic rings. The average Bonchev–Trinajstić information content (AvgIpc) is 2.80. The summed E-state index contributed by atoms with van der Waals surface area (Å²) in [4.78, 5) is 11.8. The van der Waals surface area contributed by atoms with Gasteiger partial charge in [0.15, 0.2) is 0 Å². The van der Waals surface area contributed by atoms with Gasteiger partial charge < -0.3 is 20.7 Å². The van der Waals surface area contributed by atoms with E-state index in [0.29, 0.717) is 12.6 Å². The SMILES string of the molecule is COc1cccc(NC(=O)NCCNC2CCCCCC2)c1. The quantitative estimate of drug-likeness (QED) is 0.559. The van der Waals surface area contributed by atoms with Crippen LogP contribution in [0, 0.1) is 0 Å². The van der Waals surface area contributed by atoms with Crippen LogP contribution in [0.15, 0.2) is 24.3 Å². The molecule has 1 aliphatic carbocycles. The fraction of sp³-hybridized carbons (Fsp3) is 0.588. The highest BCUT2D eigenvalue weighted by Gasteiger charge is 2.11. The lowest BCUT2D eigenvalue weighted by Crippen LogP contribution is -2.38.